The van der Waals surface area contributed by atoms with Gasteiger partial charge in [-0.1, -0.05) is 72.8 Å². The Hall–Kier alpha value is -3.33. The quantitative estimate of drug-likeness (QED) is 0.430. The molecule has 0 N–H and O–H groups in total. The summed E-state index contributed by atoms with van der Waals surface area (Å²) in [5.41, 5.74) is 2.69. The number of furan rings is 1. The van der Waals surface area contributed by atoms with Crippen molar-refractivity contribution in [2.24, 2.45) is 0 Å². The third kappa shape index (κ3) is 3.11. The van der Waals surface area contributed by atoms with Crippen LogP contribution in [0.3, 0.4) is 0 Å². The van der Waals surface area contributed by atoms with Gasteiger partial charge in [-0.05, 0) is 23.3 Å². The van der Waals surface area contributed by atoms with Crippen molar-refractivity contribution in [2.45, 2.75) is 13.0 Å². The molecule has 0 atom stereocenters. The predicted molar refractivity (Wildman–Crippen MR) is 102 cm³/mol. The van der Waals surface area contributed by atoms with Gasteiger partial charge in [0.1, 0.15) is 6.10 Å². The number of ether oxygens (including phenoxy) is 1. The molecule has 0 radical (unpaired) electrons. The van der Waals surface area contributed by atoms with Crippen LogP contribution in [0.25, 0.3) is 11.0 Å². The summed E-state index contributed by atoms with van der Waals surface area (Å²) in [6, 6.07) is 27.6. The highest BCUT2D eigenvalue weighted by molar-refractivity contribution is 5.97. The monoisotopic (exact) mass is 342 g/mol. The zero-order valence-electron chi connectivity index (χ0n) is 14.4. The molecule has 0 saturated carbocycles. The Morgan fingerprint density at radius 1 is 0.846 bits per heavy atom. The third-order valence-corrected chi connectivity index (χ3v) is 4.30. The highest BCUT2D eigenvalue weighted by atomic mass is 16.5. The normalized spacial score (nSPS) is 11.0. The first-order chi connectivity index (χ1) is 12.7. The van der Waals surface area contributed by atoms with Crippen LogP contribution in [0.1, 0.15) is 34.7 Å². The van der Waals surface area contributed by atoms with Crippen LogP contribution in [0.4, 0.5) is 0 Å². The standard InChI is InChI=1S/C23H18O3/c1-16(24)21-15-19-13-8-14-20(23(19)26-21)25-22(17-9-4-2-5-10-17)18-11-6-3-7-12-18/h2-15,22H,1H3. The lowest BCUT2D eigenvalue weighted by Crippen LogP contribution is -2.09. The molecule has 26 heavy (non-hydrogen) atoms. The van der Waals surface area contributed by atoms with E-state index < -0.39 is 0 Å². The number of carbonyl (C=O) groups is 1. The summed E-state index contributed by atoms with van der Waals surface area (Å²) >= 11 is 0. The summed E-state index contributed by atoms with van der Waals surface area (Å²) in [5, 5.41) is 0.854. The van der Waals surface area contributed by atoms with Crippen LogP contribution in [0.15, 0.2) is 89.3 Å². The largest absolute Gasteiger partial charge is 0.477 e. The Labute approximate surface area is 151 Å². The minimum Gasteiger partial charge on any atom is -0.477 e. The zero-order chi connectivity index (χ0) is 17.9. The third-order valence-electron chi connectivity index (χ3n) is 4.30. The molecule has 1 heterocycles. The molecule has 0 fully saturated rings. The van der Waals surface area contributed by atoms with Gasteiger partial charge in [0.25, 0.3) is 0 Å². The molecule has 0 unspecified atom stereocenters. The first kappa shape index (κ1) is 16.2. The van der Waals surface area contributed by atoms with Crippen molar-refractivity contribution in [1.29, 1.82) is 0 Å². The van der Waals surface area contributed by atoms with E-state index in [0.717, 1.165) is 16.5 Å². The van der Waals surface area contributed by atoms with Crippen LogP contribution in [0.5, 0.6) is 5.75 Å². The molecule has 0 amide bonds. The smallest absolute Gasteiger partial charge is 0.194 e. The lowest BCUT2D eigenvalue weighted by Gasteiger charge is -2.20. The van der Waals surface area contributed by atoms with Crippen molar-refractivity contribution in [3.05, 3.63) is 102 Å². The molecule has 3 aromatic carbocycles. The van der Waals surface area contributed by atoms with Crippen LogP contribution >= 0.6 is 0 Å². The van der Waals surface area contributed by atoms with Gasteiger partial charge in [0.15, 0.2) is 22.9 Å². The van der Waals surface area contributed by atoms with E-state index in [1.165, 1.54) is 6.92 Å². The first-order valence-corrected chi connectivity index (χ1v) is 8.52. The molecule has 128 valence electrons. The average molecular weight is 342 g/mol. The van der Waals surface area contributed by atoms with Crippen LogP contribution in [0, 0.1) is 0 Å². The van der Waals surface area contributed by atoms with Gasteiger partial charge in [0.05, 0.1) is 0 Å². The van der Waals surface area contributed by atoms with Crippen molar-refractivity contribution in [1.82, 2.24) is 0 Å². The summed E-state index contributed by atoms with van der Waals surface area (Å²) < 4.78 is 12.1. The molecule has 3 heteroatoms. The van der Waals surface area contributed by atoms with Gasteiger partial charge in [-0.3, -0.25) is 4.79 Å². The lowest BCUT2D eigenvalue weighted by molar-refractivity contribution is 0.0989. The Morgan fingerprint density at radius 2 is 1.46 bits per heavy atom. The molecular formula is C23H18O3. The molecule has 0 aliphatic rings. The van der Waals surface area contributed by atoms with Gasteiger partial charge in [0, 0.05) is 12.3 Å². The molecule has 0 aliphatic heterocycles. The van der Waals surface area contributed by atoms with E-state index in [-0.39, 0.29) is 11.9 Å². The molecule has 1 aromatic heterocycles. The van der Waals surface area contributed by atoms with E-state index in [9.17, 15) is 4.79 Å². The fourth-order valence-electron chi connectivity index (χ4n) is 3.01. The maximum Gasteiger partial charge on any atom is 0.194 e. The number of benzene rings is 3. The lowest BCUT2D eigenvalue weighted by atomic mass is 10.0. The van der Waals surface area contributed by atoms with Gasteiger partial charge < -0.3 is 9.15 Å². The van der Waals surface area contributed by atoms with Gasteiger partial charge in [-0.2, -0.15) is 0 Å². The van der Waals surface area contributed by atoms with Gasteiger partial charge >= 0.3 is 0 Å². The number of carbonyl (C=O) groups excluding carboxylic acids is 1. The highest BCUT2D eigenvalue weighted by Gasteiger charge is 2.19. The van der Waals surface area contributed by atoms with Crippen molar-refractivity contribution in [3.63, 3.8) is 0 Å². The fourth-order valence-corrected chi connectivity index (χ4v) is 3.01. The highest BCUT2D eigenvalue weighted by Crippen LogP contribution is 2.34. The molecule has 0 spiro atoms. The SMILES string of the molecule is CC(=O)c1cc2cccc(OC(c3ccccc3)c3ccccc3)c2o1. The van der Waals surface area contributed by atoms with Crippen LogP contribution in [-0.2, 0) is 0 Å². The Bertz CT molecular complexity index is 993. The minimum atomic E-state index is -0.270. The van der Waals surface area contributed by atoms with Crippen molar-refractivity contribution >= 4 is 16.8 Å². The Balaban J connectivity index is 1.79. The van der Waals surface area contributed by atoms with Crippen molar-refractivity contribution in [3.8, 4) is 5.75 Å². The number of hydrogen-bond acceptors (Lipinski definition) is 3. The Kier molecular flexibility index (Phi) is 4.28. The van der Waals surface area contributed by atoms with E-state index in [1.807, 2.05) is 78.9 Å². The van der Waals surface area contributed by atoms with Crippen LogP contribution in [0.2, 0.25) is 0 Å². The number of ketones is 1. The second-order valence-electron chi connectivity index (χ2n) is 6.16. The van der Waals surface area contributed by atoms with Crippen LogP contribution < -0.4 is 4.74 Å². The maximum absolute atomic E-state index is 11.7. The molecular weight excluding hydrogens is 324 g/mol. The van der Waals surface area contributed by atoms with E-state index in [1.54, 1.807) is 6.07 Å². The molecule has 4 aromatic rings. The zero-order valence-corrected chi connectivity index (χ0v) is 14.4. The second kappa shape index (κ2) is 6.89. The number of para-hydroxylation sites is 1. The summed E-state index contributed by atoms with van der Waals surface area (Å²) in [6.07, 6.45) is -0.270. The molecule has 0 bridgehead atoms. The number of fused-ring (bicyclic) bond motifs is 1. The topological polar surface area (TPSA) is 39.4 Å². The molecule has 3 nitrogen and oxygen atoms in total. The summed E-state index contributed by atoms with van der Waals surface area (Å²) in [6.45, 7) is 1.50. The second-order valence-corrected chi connectivity index (χ2v) is 6.16. The van der Waals surface area contributed by atoms with E-state index in [0.29, 0.717) is 17.1 Å². The summed E-state index contributed by atoms with van der Waals surface area (Å²) in [7, 11) is 0. The first-order valence-electron chi connectivity index (χ1n) is 8.52. The molecule has 0 aliphatic carbocycles. The fraction of sp³-hybridized carbons (Fsp3) is 0.0870. The average Bonchev–Trinajstić information content (AvgIpc) is 3.13. The van der Waals surface area contributed by atoms with Crippen molar-refractivity contribution in [2.75, 3.05) is 0 Å². The molecule has 4 rings (SSSR count). The summed E-state index contributed by atoms with van der Waals surface area (Å²) in [5.74, 6) is 0.856. The number of hydrogen-bond donors (Lipinski definition) is 0. The number of Topliss-reactive ketones (excluding diaryl/α,β-unsaturated/α-hetero) is 1. The van der Waals surface area contributed by atoms with Gasteiger partial charge in [-0.25, -0.2) is 0 Å². The van der Waals surface area contributed by atoms with Crippen LogP contribution in [-0.4, -0.2) is 5.78 Å². The van der Waals surface area contributed by atoms with E-state index in [4.69, 9.17) is 9.15 Å². The van der Waals surface area contributed by atoms with E-state index >= 15 is 0 Å². The van der Waals surface area contributed by atoms with Crippen molar-refractivity contribution < 1.29 is 13.9 Å². The maximum atomic E-state index is 11.7. The number of rotatable bonds is 5. The minimum absolute atomic E-state index is 0.102. The van der Waals surface area contributed by atoms with Gasteiger partial charge in [-0.15, -0.1) is 0 Å². The molecule has 0 saturated heterocycles. The van der Waals surface area contributed by atoms with E-state index in [2.05, 4.69) is 0 Å². The van der Waals surface area contributed by atoms with Gasteiger partial charge in [0.2, 0.25) is 0 Å². The predicted octanol–water partition coefficient (Wildman–Crippen LogP) is 5.80. The summed E-state index contributed by atoms with van der Waals surface area (Å²) in [4.78, 5) is 11.7. The Morgan fingerprint density at radius 3 is 2.04 bits per heavy atom.